The van der Waals surface area contributed by atoms with E-state index in [1.54, 1.807) is 6.33 Å². The Morgan fingerprint density at radius 2 is 1.97 bits per heavy atom. The predicted molar refractivity (Wildman–Crippen MR) is 150 cm³/mol. The van der Waals surface area contributed by atoms with Gasteiger partial charge in [-0.15, -0.1) is 0 Å². The van der Waals surface area contributed by atoms with Gasteiger partial charge in [0.05, 0.1) is 29.9 Å². The van der Waals surface area contributed by atoms with Gasteiger partial charge in [-0.25, -0.2) is 15.0 Å². The monoisotopic (exact) mass is 537 g/mol. The van der Waals surface area contributed by atoms with E-state index >= 15 is 0 Å². The van der Waals surface area contributed by atoms with Gasteiger partial charge in [0.1, 0.15) is 22.7 Å². The highest BCUT2D eigenvalue weighted by molar-refractivity contribution is 6.30. The van der Waals surface area contributed by atoms with Crippen molar-refractivity contribution in [1.29, 1.82) is 5.26 Å². The topological polar surface area (TPSA) is 103 Å². The van der Waals surface area contributed by atoms with Crippen molar-refractivity contribution in [2.45, 2.75) is 37.4 Å². The van der Waals surface area contributed by atoms with Gasteiger partial charge in [0.25, 0.3) is 0 Å². The summed E-state index contributed by atoms with van der Waals surface area (Å²) >= 11 is 6.53. The summed E-state index contributed by atoms with van der Waals surface area (Å²) in [4.78, 5) is 21.5. The van der Waals surface area contributed by atoms with E-state index in [1.165, 1.54) is 0 Å². The van der Waals surface area contributed by atoms with E-state index in [9.17, 15) is 5.26 Å². The molecule has 4 aromatic heterocycles. The number of nitrogens with zero attached hydrogens (tertiary/aromatic N) is 8. The smallest absolute Gasteiger partial charge is 0.141 e. The Balaban J connectivity index is 1.01. The van der Waals surface area contributed by atoms with Crippen molar-refractivity contribution in [3.05, 3.63) is 72.0 Å². The first-order chi connectivity index (χ1) is 19.1. The summed E-state index contributed by atoms with van der Waals surface area (Å²) in [5.74, 6) is 0. The van der Waals surface area contributed by atoms with Crippen LogP contribution in [0.3, 0.4) is 0 Å². The Morgan fingerprint density at radius 3 is 2.82 bits per heavy atom. The molecule has 1 aromatic carbocycles. The third-order valence-electron chi connectivity index (χ3n) is 8.32. The number of aromatic amines is 1. The van der Waals surface area contributed by atoms with Crippen LogP contribution in [0.4, 0.5) is 0 Å². The SMILES string of the molecule is N#CCC1(n2cc(-c3ncnc4[nH]ccc34)cn2)CN(C2CCN(Cc3cc4ccccc4nc3Cl)CC2)C1. The summed E-state index contributed by atoms with van der Waals surface area (Å²) in [6, 6.07) is 15.2. The standard InChI is InChI=1S/C29H28ClN9/c30-27-21(13-20-3-1-2-4-25(20)36-27)15-37-11-6-23(7-12-37)38-17-29(18-38,8-9-31)39-16-22(14-35-39)26-24-5-10-32-28(24)34-19-33-26/h1-5,10,13-14,16,19,23H,6-8,11-12,15,17-18H2,(H,32,33,34). The third-order valence-corrected chi connectivity index (χ3v) is 8.64. The van der Waals surface area contributed by atoms with Crippen molar-refractivity contribution >= 4 is 33.5 Å². The summed E-state index contributed by atoms with van der Waals surface area (Å²) < 4.78 is 1.99. The fraction of sp³-hybridized carbons (Fsp3) is 0.345. The number of halogens is 1. The number of nitrogens with one attached hydrogen (secondary N) is 1. The maximum absolute atomic E-state index is 9.67. The molecule has 39 heavy (non-hydrogen) atoms. The minimum absolute atomic E-state index is 0.307. The Bertz CT molecular complexity index is 1690. The number of pyridine rings is 1. The normalized spacial score (nSPS) is 18.4. The first-order valence-electron chi connectivity index (χ1n) is 13.3. The molecule has 2 fully saturated rings. The maximum Gasteiger partial charge on any atom is 0.141 e. The summed E-state index contributed by atoms with van der Waals surface area (Å²) in [7, 11) is 0. The summed E-state index contributed by atoms with van der Waals surface area (Å²) in [5, 5.41) is 17.1. The van der Waals surface area contributed by atoms with Crippen LogP contribution >= 0.6 is 11.6 Å². The number of fused-ring (bicyclic) bond motifs is 2. The van der Waals surface area contributed by atoms with Crippen molar-refractivity contribution in [1.82, 2.24) is 39.5 Å². The van der Waals surface area contributed by atoms with Crippen molar-refractivity contribution in [3.63, 3.8) is 0 Å². The van der Waals surface area contributed by atoms with Crippen LogP contribution in [0.2, 0.25) is 5.15 Å². The highest BCUT2D eigenvalue weighted by Crippen LogP contribution is 2.37. The molecule has 0 atom stereocenters. The molecule has 2 aliphatic heterocycles. The molecule has 5 aromatic rings. The highest BCUT2D eigenvalue weighted by atomic mass is 35.5. The van der Waals surface area contributed by atoms with Crippen LogP contribution in [0.1, 0.15) is 24.8 Å². The number of hydrogen-bond acceptors (Lipinski definition) is 7. The average molecular weight is 538 g/mol. The van der Waals surface area contributed by atoms with Crippen molar-refractivity contribution in [2.75, 3.05) is 26.2 Å². The molecule has 0 aliphatic carbocycles. The zero-order chi connectivity index (χ0) is 26.4. The van der Waals surface area contributed by atoms with Gasteiger partial charge in [0.15, 0.2) is 0 Å². The van der Waals surface area contributed by atoms with Crippen molar-refractivity contribution in [2.24, 2.45) is 0 Å². The number of benzene rings is 1. The lowest BCUT2D eigenvalue weighted by Gasteiger charge is -2.53. The first-order valence-corrected chi connectivity index (χ1v) is 13.7. The second-order valence-electron chi connectivity index (χ2n) is 10.7. The molecule has 0 amide bonds. The van der Waals surface area contributed by atoms with E-state index in [4.69, 9.17) is 16.7 Å². The van der Waals surface area contributed by atoms with Gasteiger partial charge >= 0.3 is 0 Å². The molecule has 0 spiro atoms. The van der Waals surface area contributed by atoms with Gasteiger partial charge in [-0.3, -0.25) is 14.5 Å². The molecular weight excluding hydrogens is 510 g/mol. The minimum Gasteiger partial charge on any atom is -0.346 e. The van der Waals surface area contributed by atoms with Crippen molar-refractivity contribution < 1.29 is 0 Å². The highest BCUT2D eigenvalue weighted by Gasteiger charge is 2.48. The molecule has 10 heteroatoms. The quantitative estimate of drug-likeness (QED) is 0.315. The summed E-state index contributed by atoms with van der Waals surface area (Å²) in [6.07, 6.45) is 9.94. The molecule has 0 radical (unpaired) electrons. The summed E-state index contributed by atoms with van der Waals surface area (Å²) in [6.45, 7) is 4.51. The number of hydrogen-bond donors (Lipinski definition) is 1. The number of likely N-dealkylation sites (tertiary alicyclic amines) is 2. The molecule has 7 rings (SSSR count). The van der Waals surface area contributed by atoms with Crippen LogP contribution in [-0.2, 0) is 12.1 Å². The van der Waals surface area contributed by atoms with Gasteiger partial charge < -0.3 is 4.98 Å². The van der Waals surface area contributed by atoms with Crippen LogP contribution in [0.5, 0.6) is 0 Å². The molecule has 0 saturated carbocycles. The number of aromatic nitrogens is 6. The van der Waals surface area contributed by atoms with Gasteiger partial charge in [-0.2, -0.15) is 10.4 Å². The van der Waals surface area contributed by atoms with Gasteiger partial charge in [0, 0.05) is 60.0 Å². The molecule has 1 N–H and O–H groups in total. The molecule has 9 nitrogen and oxygen atoms in total. The van der Waals surface area contributed by atoms with Crippen LogP contribution in [0.15, 0.2) is 61.3 Å². The number of piperidine rings is 1. The van der Waals surface area contributed by atoms with Gasteiger partial charge in [-0.1, -0.05) is 29.8 Å². The van der Waals surface area contributed by atoms with E-state index < -0.39 is 0 Å². The number of rotatable bonds is 6. The van der Waals surface area contributed by atoms with E-state index in [2.05, 4.69) is 47.9 Å². The molecule has 6 heterocycles. The lowest BCUT2D eigenvalue weighted by molar-refractivity contribution is -0.0436. The minimum atomic E-state index is -0.307. The Labute approximate surface area is 231 Å². The van der Waals surface area contributed by atoms with Crippen LogP contribution in [0, 0.1) is 11.3 Å². The number of H-pyrrole nitrogens is 1. The van der Waals surface area contributed by atoms with E-state index in [0.29, 0.717) is 17.6 Å². The second-order valence-corrected chi connectivity index (χ2v) is 11.1. The first kappa shape index (κ1) is 24.2. The van der Waals surface area contributed by atoms with Crippen molar-refractivity contribution in [3.8, 4) is 17.3 Å². The Morgan fingerprint density at radius 1 is 1.13 bits per heavy atom. The van der Waals surface area contributed by atoms with Crippen LogP contribution in [0.25, 0.3) is 33.2 Å². The van der Waals surface area contributed by atoms with Crippen LogP contribution in [-0.4, -0.2) is 71.7 Å². The van der Waals surface area contributed by atoms with E-state index in [0.717, 1.165) is 84.3 Å². The molecule has 2 aliphatic rings. The third kappa shape index (κ3) is 4.35. The molecule has 0 bridgehead atoms. The molecular formula is C29H28ClN9. The average Bonchev–Trinajstić information content (AvgIpc) is 3.62. The molecule has 196 valence electrons. The fourth-order valence-electron chi connectivity index (χ4n) is 6.19. The lowest BCUT2D eigenvalue weighted by atomic mass is 9.83. The second kappa shape index (κ2) is 9.72. The van der Waals surface area contributed by atoms with E-state index in [-0.39, 0.29) is 5.54 Å². The predicted octanol–water partition coefficient (Wildman–Crippen LogP) is 4.61. The number of para-hydroxylation sites is 1. The molecule has 0 unspecified atom stereocenters. The summed E-state index contributed by atoms with van der Waals surface area (Å²) in [5.41, 5.74) is 4.31. The largest absolute Gasteiger partial charge is 0.346 e. The van der Waals surface area contributed by atoms with Crippen LogP contribution < -0.4 is 0 Å². The fourth-order valence-corrected chi connectivity index (χ4v) is 6.40. The molecule has 2 saturated heterocycles. The Hall–Kier alpha value is -3.84. The lowest BCUT2D eigenvalue weighted by Crippen LogP contribution is -2.66. The maximum atomic E-state index is 9.67. The van der Waals surface area contributed by atoms with E-state index in [1.807, 2.05) is 47.5 Å². The zero-order valence-electron chi connectivity index (χ0n) is 21.5. The zero-order valence-corrected chi connectivity index (χ0v) is 22.2. The Kier molecular flexibility index (Phi) is 6.04. The van der Waals surface area contributed by atoms with Gasteiger partial charge in [-0.05, 0) is 44.1 Å². The van der Waals surface area contributed by atoms with Gasteiger partial charge in [0.2, 0.25) is 0 Å². The number of nitriles is 1.